The van der Waals surface area contributed by atoms with Crippen molar-refractivity contribution in [1.29, 1.82) is 0 Å². The van der Waals surface area contributed by atoms with Crippen molar-refractivity contribution in [2.45, 2.75) is 18.4 Å². The molecule has 0 aliphatic carbocycles. The van der Waals surface area contributed by atoms with Gasteiger partial charge in [0.25, 0.3) is 0 Å². The third-order valence-corrected chi connectivity index (χ3v) is 4.58. The molecular formula is C20H18BrNO. The van der Waals surface area contributed by atoms with E-state index in [0.717, 1.165) is 21.3 Å². The highest BCUT2D eigenvalue weighted by Gasteiger charge is 2.37. The summed E-state index contributed by atoms with van der Waals surface area (Å²) in [6.45, 7) is 1.85. The Morgan fingerprint density at radius 3 is 2.35 bits per heavy atom. The fraction of sp³-hybridized carbons (Fsp3) is 0.150. The second-order valence-corrected chi connectivity index (χ2v) is 6.67. The van der Waals surface area contributed by atoms with Crippen molar-refractivity contribution in [3.05, 3.63) is 100 Å². The zero-order valence-electron chi connectivity index (χ0n) is 12.9. The van der Waals surface area contributed by atoms with E-state index in [4.69, 9.17) is 0 Å². The molecule has 0 aliphatic heterocycles. The molecule has 0 bridgehead atoms. The highest BCUT2D eigenvalue weighted by Crippen LogP contribution is 2.41. The largest absolute Gasteiger partial charge is 0.384 e. The van der Waals surface area contributed by atoms with Gasteiger partial charge in [-0.2, -0.15) is 0 Å². The van der Waals surface area contributed by atoms with E-state index in [2.05, 4.69) is 20.9 Å². The van der Waals surface area contributed by atoms with Crippen LogP contribution in [-0.2, 0) is 5.60 Å². The normalized spacial score (nSPS) is 14.9. The first-order valence-corrected chi connectivity index (χ1v) is 8.32. The van der Waals surface area contributed by atoms with Gasteiger partial charge in [-0.3, -0.25) is 4.98 Å². The Hall–Kier alpha value is -1.97. The maximum Gasteiger partial charge on any atom is 0.0992 e. The molecule has 0 aliphatic rings. The van der Waals surface area contributed by atoms with Gasteiger partial charge in [-0.05, 0) is 42.3 Å². The van der Waals surface area contributed by atoms with E-state index < -0.39 is 5.60 Å². The van der Waals surface area contributed by atoms with E-state index in [9.17, 15) is 5.11 Å². The molecule has 23 heavy (non-hydrogen) atoms. The standard InChI is InChI=1S/C20H18BrNO/c1-20(23,16-10-7-11-17(21)14-16)19(15-8-3-2-4-9-15)18-12-5-6-13-22-18/h2-14,19,23H,1H3/t19-,20-/m1/s1. The number of benzene rings is 2. The number of pyridine rings is 1. The van der Waals surface area contributed by atoms with Gasteiger partial charge in [0.2, 0.25) is 0 Å². The molecule has 0 unspecified atom stereocenters. The lowest BCUT2D eigenvalue weighted by atomic mass is 9.76. The molecule has 0 saturated heterocycles. The maximum atomic E-state index is 11.4. The number of rotatable bonds is 4. The average Bonchev–Trinajstić information content (AvgIpc) is 2.57. The van der Waals surface area contributed by atoms with Crippen LogP contribution in [0.1, 0.15) is 29.7 Å². The van der Waals surface area contributed by atoms with Crippen LogP contribution in [-0.4, -0.2) is 10.1 Å². The van der Waals surface area contributed by atoms with Crippen LogP contribution in [0.15, 0.2) is 83.5 Å². The zero-order valence-corrected chi connectivity index (χ0v) is 14.4. The molecule has 2 atom stereocenters. The number of aliphatic hydroxyl groups is 1. The minimum atomic E-state index is -1.08. The summed E-state index contributed by atoms with van der Waals surface area (Å²) in [5, 5.41) is 11.4. The second-order valence-electron chi connectivity index (χ2n) is 5.76. The van der Waals surface area contributed by atoms with E-state index in [1.54, 1.807) is 6.20 Å². The lowest BCUT2D eigenvalue weighted by Gasteiger charge is -2.33. The van der Waals surface area contributed by atoms with Gasteiger partial charge in [0.1, 0.15) is 0 Å². The van der Waals surface area contributed by atoms with Gasteiger partial charge in [0.15, 0.2) is 0 Å². The summed E-state index contributed by atoms with van der Waals surface area (Å²) in [5.41, 5.74) is 1.66. The Morgan fingerprint density at radius 1 is 0.957 bits per heavy atom. The van der Waals surface area contributed by atoms with Crippen molar-refractivity contribution in [2.24, 2.45) is 0 Å². The van der Waals surface area contributed by atoms with Crippen LogP contribution >= 0.6 is 15.9 Å². The Balaban J connectivity index is 2.15. The van der Waals surface area contributed by atoms with Crippen LogP contribution < -0.4 is 0 Å². The first kappa shape index (κ1) is 15.9. The van der Waals surface area contributed by atoms with Crippen molar-refractivity contribution >= 4 is 15.9 Å². The Labute approximate surface area is 145 Å². The lowest BCUT2D eigenvalue weighted by Crippen LogP contribution is -2.31. The van der Waals surface area contributed by atoms with Gasteiger partial charge in [-0.1, -0.05) is 64.5 Å². The van der Waals surface area contributed by atoms with E-state index in [-0.39, 0.29) is 5.92 Å². The molecule has 0 amide bonds. The van der Waals surface area contributed by atoms with E-state index in [1.165, 1.54) is 0 Å². The van der Waals surface area contributed by atoms with Crippen LogP contribution in [0.3, 0.4) is 0 Å². The molecular weight excluding hydrogens is 350 g/mol. The summed E-state index contributed by atoms with van der Waals surface area (Å²) in [6, 6.07) is 23.6. The number of nitrogens with zero attached hydrogens (tertiary/aromatic N) is 1. The summed E-state index contributed by atoms with van der Waals surface area (Å²) in [7, 11) is 0. The molecule has 2 aromatic carbocycles. The van der Waals surface area contributed by atoms with Gasteiger partial charge >= 0.3 is 0 Å². The quantitative estimate of drug-likeness (QED) is 0.712. The predicted molar refractivity (Wildman–Crippen MR) is 96.2 cm³/mol. The van der Waals surface area contributed by atoms with Crippen LogP contribution in [0.2, 0.25) is 0 Å². The van der Waals surface area contributed by atoms with E-state index in [0.29, 0.717) is 0 Å². The molecule has 1 heterocycles. The van der Waals surface area contributed by atoms with Crippen molar-refractivity contribution in [1.82, 2.24) is 4.98 Å². The molecule has 0 fully saturated rings. The molecule has 116 valence electrons. The third kappa shape index (κ3) is 3.36. The number of hydrogen-bond acceptors (Lipinski definition) is 2. The molecule has 1 N–H and O–H groups in total. The van der Waals surface area contributed by atoms with Gasteiger partial charge in [-0.25, -0.2) is 0 Å². The Kier molecular flexibility index (Phi) is 4.60. The molecule has 0 radical (unpaired) electrons. The topological polar surface area (TPSA) is 33.1 Å². The number of hydrogen-bond donors (Lipinski definition) is 1. The smallest absolute Gasteiger partial charge is 0.0992 e. The predicted octanol–water partition coefficient (Wildman–Crippen LogP) is 4.88. The van der Waals surface area contributed by atoms with E-state index >= 15 is 0 Å². The molecule has 0 spiro atoms. The number of aromatic nitrogens is 1. The maximum absolute atomic E-state index is 11.4. The summed E-state index contributed by atoms with van der Waals surface area (Å²) in [6.07, 6.45) is 1.77. The second kappa shape index (κ2) is 6.65. The van der Waals surface area contributed by atoms with Crippen LogP contribution in [0.5, 0.6) is 0 Å². The summed E-state index contributed by atoms with van der Waals surface area (Å²) in [4.78, 5) is 4.50. The summed E-state index contributed by atoms with van der Waals surface area (Å²) < 4.78 is 0.947. The average molecular weight is 368 g/mol. The SMILES string of the molecule is C[C@@](O)(c1cccc(Br)c1)[C@H](c1ccccc1)c1ccccn1. The highest BCUT2D eigenvalue weighted by molar-refractivity contribution is 9.10. The van der Waals surface area contributed by atoms with Crippen molar-refractivity contribution in [3.8, 4) is 0 Å². The summed E-state index contributed by atoms with van der Waals surface area (Å²) in [5.74, 6) is -0.251. The molecule has 3 aromatic rings. The van der Waals surface area contributed by atoms with Crippen molar-refractivity contribution in [3.63, 3.8) is 0 Å². The Bertz CT molecular complexity index is 732. The third-order valence-electron chi connectivity index (χ3n) is 4.09. The fourth-order valence-corrected chi connectivity index (χ4v) is 3.34. The van der Waals surface area contributed by atoms with Crippen LogP contribution in [0.25, 0.3) is 0 Å². The molecule has 0 saturated carbocycles. The van der Waals surface area contributed by atoms with Gasteiger partial charge < -0.3 is 5.11 Å². The first-order valence-electron chi connectivity index (χ1n) is 7.53. The minimum absolute atomic E-state index is 0.251. The van der Waals surface area contributed by atoms with Gasteiger partial charge in [-0.15, -0.1) is 0 Å². The van der Waals surface area contributed by atoms with Crippen LogP contribution in [0.4, 0.5) is 0 Å². The minimum Gasteiger partial charge on any atom is -0.384 e. The molecule has 3 heteroatoms. The van der Waals surface area contributed by atoms with Crippen LogP contribution in [0, 0.1) is 0 Å². The van der Waals surface area contributed by atoms with Crippen molar-refractivity contribution in [2.75, 3.05) is 0 Å². The Morgan fingerprint density at radius 2 is 1.70 bits per heavy atom. The first-order chi connectivity index (χ1) is 11.1. The molecule has 2 nitrogen and oxygen atoms in total. The molecule has 1 aromatic heterocycles. The van der Waals surface area contributed by atoms with Crippen molar-refractivity contribution < 1.29 is 5.11 Å². The highest BCUT2D eigenvalue weighted by atomic mass is 79.9. The monoisotopic (exact) mass is 367 g/mol. The number of halogens is 1. The lowest BCUT2D eigenvalue weighted by molar-refractivity contribution is 0.0380. The van der Waals surface area contributed by atoms with E-state index in [1.807, 2.05) is 79.7 Å². The van der Waals surface area contributed by atoms with Gasteiger partial charge in [0.05, 0.1) is 17.2 Å². The van der Waals surface area contributed by atoms with Gasteiger partial charge in [0, 0.05) is 10.7 Å². The fourth-order valence-electron chi connectivity index (χ4n) is 2.95. The summed E-state index contributed by atoms with van der Waals surface area (Å²) >= 11 is 3.49. The molecule has 3 rings (SSSR count). The zero-order chi connectivity index (χ0) is 16.3.